The molecule has 172 valence electrons. The summed E-state index contributed by atoms with van der Waals surface area (Å²) in [6.45, 7) is 2.40. The van der Waals surface area contributed by atoms with Gasteiger partial charge in [-0.05, 0) is 48.2 Å². The summed E-state index contributed by atoms with van der Waals surface area (Å²) in [6.07, 6.45) is 1.05. The molecule has 0 amide bonds. The molecule has 0 saturated carbocycles. The van der Waals surface area contributed by atoms with E-state index in [1.54, 1.807) is 0 Å². The van der Waals surface area contributed by atoms with Crippen molar-refractivity contribution in [3.05, 3.63) is 157 Å². The molecule has 0 aromatic heterocycles. The molecule has 5 aromatic rings. The first kappa shape index (κ1) is 23.7. The van der Waals surface area contributed by atoms with Crippen LogP contribution < -0.4 is 21.2 Å². The lowest BCUT2D eigenvalue weighted by Crippen LogP contribution is -2.16. The highest BCUT2D eigenvalue weighted by Crippen LogP contribution is 2.49. The van der Waals surface area contributed by atoms with E-state index in [0.717, 1.165) is 6.16 Å². The second-order valence-electron chi connectivity index (χ2n) is 8.72. The van der Waals surface area contributed by atoms with Crippen molar-refractivity contribution in [2.45, 2.75) is 18.7 Å². The molecule has 0 fully saturated rings. The molecule has 0 nitrogen and oxygen atoms in total. The minimum absolute atomic E-state index is 0.425. The second-order valence-corrected chi connectivity index (χ2v) is 13.5. The van der Waals surface area contributed by atoms with Gasteiger partial charge in [0, 0.05) is 11.8 Å². The lowest BCUT2D eigenvalue weighted by Gasteiger charge is -2.27. The van der Waals surface area contributed by atoms with Crippen molar-refractivity contribution in [1.82, 2.24) is 0 Å². The van der Waals surface area contributed by atoms with Gasteiger partial charge in [-0.2, -0.15) is 0 Å². The Bertz CT molecular complexity index is 1240. The van der Waals surface area contributed by atoms with Crippen LogP contribution in [0.15, 0.2) is 146 Å². The van der Waals surface area contributed by atoms with Crippen molar-refractivity contribution >= 4 is 37.1 Å². The molecule has 5 aromatic carbocycles. The molecule has 0 aliphatic heterocycles. The van der Waals surface area contributed by atoms with Gasteiger partial charge in [-0.25, -0.2) is 0 Å². The van der Waals surface area contributed by atoms with E-state index in [2.05, 4.69) is 153 Å². The standard InChI is InChI=1S/C33H30P2/c1-27(35(32-21-10-4-11-22-32)33-23-12-5-13-24-33)29-16-14-15-28(25-29)26-34(30-17-6-2-7-18-30)31-19-8-3-9-20-31/h2-25,27H,26H2,1H3. The monoisotopic (exact) mass is 488 g/mol. The van der Waals surface area contributed by atoms with E-state index in [4.69, 9.17) is 0 Å². The zero-order valence-corrected chi connectivity index (χ0v) is 21.8. The third kappa shape index (κ3) is 5.79. The van der Waals surface area contributed by atoms with Crippen LogP contribution in [0.1, 0.15) is 23.7 Å². The molecule has 35 heavy (non-hydrogen) atoms. The van der Waals surface area contributed by atoms with Crippen molar-refractivity contribution in [3.8, 4) is 0 Å². The molecule has 0 saturated heterocycles. The molecule has 0 radical (unpaired) electrons. The lowest BCUT2D eigenvalue weighted by atomic mass is 10.1. The van der Waals surface area contributed by atoms with Gasteiger partial charge >= 0.3 is 0 Å². The summed E-state index contributed by atoms with van der Waals surface area (Å²) >= 11 is 0. The molecule has 5 rings (SSSR count). The highest BCUT2D eigenvalue weighted by Gasteiger charge is 2.23. The Morgan fingerprint density at radius 3 is 1.37 bits per heavy atom. The van der Waals surface area contributed by atoms with Gasteiger partial charge in [-0.15, -0.1) is 0 Å². The maximum absolute atomic E-state index is 2.47. The van der Waals surface area contributed by atoms with E-state index in [1.165, 1.54) is 32.3 Å². The SMILES string of the molecule is CC(c1cccc(CP(c2ccccc2)c2ccccc2)c1)P(c1ccccc1)c1ccccc1. The molecule has 2 heteroatoms. The first-order valence-electron chi connectivity index (χ1n) is 12.2. The summed E-state index contributed by atoms with van der Waals surface area (Å²) in [6, 6.07) is 53.5. The minimum Gasteiger partial charge on any atom is -0.0622 e. The Morgan fingerprint density at radius 2 is 0.914 bits per heavy atom. The topological polar surface area (TPSA) is 0 Å². The van der Waals surface area contributed by atoms with Crippen molar-refractivity contribution in [3.63, 3.8) is 0 Å². The molecular formula is C33H30P2. The molecular weight excluding hydrogens is 458 g/mol. The quantitative estimate of drug-likeness (QED) is 0.198. The highest BCUT2D eigenvalue weighted by atomic mass is 31.1. The third-order valence-electron chi connectivity index (χ3n) is 6.37. The van der Waals surface area contributed by atoms with E-state index in [0.29, 0.717) is 5.66 Å². The summed E-state index contributed by atoms with van der Waals surface area (Å²) in [5.41, 5.74) is 3.27. The fraction of sp³-hybridized carbons (Fsp3) is 0.0909. The van der Waals surface area contributed by atoms with Crippen molar-refractivity contribution in [2.24, 2.45) is 0 Å². The van der Waals surface area contributed by atoms with E-state index >= 15 is 0 Å². The molecule has 0 aliphatic rings. The summed E-state index contributed by atoms with van der Waals surface area (Å²) in [5, 5.41) is 5.73. The van der Waals surface area contributed by atoms with Crippen LogP contribution in [0.2, 0.25) is 0 Å². The van der Waals surface area contributed by atoms with E-state index in [1.807, 2.05) is 0 Å². The highest BCUT2D eigenvalue weighted by molar-refractivity contribution is 7.73. The first-order valence-corrected chi connectivity index (χ1v) is 15.1. The van der Waals surface area contributed by atoms with Gasteiger partial charge < -0.3 is 0 Å². The van der Waals surface area contributed by atoms with Crippen LogP contribution in [0, 0.1) is 0 Å². The van der Waals surface area contributed by atoms with Crippen LogP contribution >= 0.6 is 15.8 Å². The van der Waals surface area contributed by atoms with Crippen LogP contribution in [0.3, 0.4) is 0 Å². The number of hydrogen-bond donors (Lipinski definition) is 0. The van der Waals surface area contributed by atoms with Gasteiger partial charge in [0.25, 0.3) is 0 Å². The largest absolute Gasteiger partial charge is 0.0622 e. The van der Waals surface area contributed by atoms with Crippen molar-refractivity contribution < 1.29 is 0 Å². The van der Waals surface area contributed by atoms with Gasteiger partial charge in [0.1, 0.15) is 0 Å². The third-order valence-corrected chi connectivity index (χ3v) is 11.7. The Kier molecular flexibility index (Phi) is 7.85. The van der Waals surface area contributed by atoms with Crippen molar-refractivity contribution in [2.75, 3.05) is 0 Å². The van der Waals surface area contributed by atoms with E-state index in [9.17, 15) is 0 Å². The zero-order valence-electron chi connectivity index (χ0n) is 20.0. The molecule has 0 N–H and O–H groups in total. The summed E-state index contributed by atoms with van der Waals surface area (Å²) in [5.74, 6) is 0. The maximum atomic E-state index is 2.47. The van der Waals surface area contributed by atoms with Gasteiger partial charge in [0.15, 0.2) is 0 Å². The molecule has 1 unspecified atom stereocenters. The zero-order chi connectivity index (χ0) is 23.9. The van der Waals surface area contributed by atoms with Crippen LogP contribution in [-0.2, 0) is 6.16 Å². The second kappa shape index (κ2) is 11.6. The molecule has 0 aliphatic carbocycles. The molecule has 0 bridgehead atoms. The number of benzene rings is 5. The van der Waals surface area contributed by atoms with Gasteiger partial charge in [0.2, 0.25) is 0 Å². The van der Waals surface area contributed by atoms with Crippen molar-refractivity contribution in [1.29, 1.82) is 0 Å². The normalized spacial score (nSPS) is 12.1. The average Bonchev–Trinajstić information content (AvgIpc) is 2.94. The maximum Gasteiger partial charge on any atom is 0.00937 e. The van der Waals surface area contributed by atoms with E-state index in [-0.39, 0.29) is 0 Å². The number of hydrogen-bond acceptors (Lipinski definition) is 0. The van der Waals surface area contributed by atoms with Crippen LogP contribution in [0.5, 0.6) is 0 Å². The molecule has 0 heterocycles. The lowest BCUT2D eigenvalue weighted by molar-refractivity contribution is 1.08. The molecule has 0 spiro atoms. The number of rotatable bonds is 8. The van der Waals surface area contributed by atoms with Crippen LogP contribution in [-0.4, -0.2) is 0 Å². The predicted molar refractivity (Wildman–Crippen MR) is 157 cm³/mol. The first-order chi connectivity index (χ1) is 17.3. The minimum atomic E-state index is -0.503. The average molecular weight is 489 g/mol. The summed E-state index contributed by atoms with van der Waals surface area (Å²) in [4.78, 5) is 0. The smallest absolute Gasteiger partial charge is 0.00937 e. The van der Waals surface area contributed by atoms with Gasteiger partial charge in [-0.1, -0.05) is 153 Å². The predicted octanol–water partition coefficient (Wildman–Crippen LogP) is 7.51. The Balaban J connectivity index is 1.48. The fourth-order valence-electron chi connectivity index (χ4n) is 4.60. The van der Waals surface area contributed by atoms with E-state index < -0.39 is 15.8 Å². The Morgan fingerprint density at radius 1 is 0.486 bits per heavy atom. The molecule has 1 atom stereocenters. The van der Waals surface area contributed by atoms with Gasteiger partial charge in [0.05, 0.1) is 0 Å². The van der Waals surface area contributed by atoms with Crippen LogP contribution in [0.25, 0.3) is 0 Å². The fourth-order valence-corrected chi connectivity index (χ4v) is 9.53. The summed E-state index contributed by atoms with van der Waals surface area (Å²) in [7, 11) is -0.960. The summed E-state index contributed by atoms with van der Waals surface area (Å²) < 4.78 is 0. The Labute approximate surface area is 212 Å². The van der Waals surface area contributed by atoms with Crippen LogP contribution in [0.4, 0.5) is 0 Å². The Hall–Kier alpha value is -3.04. The van der Waals surface area contributed by atoms with Gasteiger partial charge in [-0.3, -0.25) is 0 Å².